The van der Waals surface area contributed by atoms with Gasteiger partial charge in [0.15, 0.2) is 0 Å². The summed E-state index contributed by atoms with van der Waals surface area (Å²) in [5, 5.41) is 0.479. The zero-order chi connectivity index (χ0) is 12.3. The van der Waals surface area contributed by atoms with Gasteiger partial charge in [-0.1, -0.05) is 30.9 Å². The summed E-state index contributed by atoms with van der Waals surface area (Å²) in [6, 6.07) is 2.01. The maximum absolute atomic E-state index is 12.3. The molecule has 0 spiro atoms. The lowest BCUT2D eigenvalue weighted by Gasteiger charge is -2.31. The molecule has 1 heterocycles. The first-order chi connectivity index (χ1) is 8.20. The molecule has 0 unspecified atom stereocenters. The Morgan fingerprint density at radius 1 is 1.41 bits per heavy atom. The summed E-state index contributed by atoms with van der Waals surface area (Å²) in [6.45, 7) is 0. The second-order valence-electron chi connectivity index (χ2n) is 4.56. The fourth-order valence-electron chi connectivity index (χ4n) is 2.36. The number of nitrogens with zero attached hydrogens (tertiary/aromatic N) is 2. The Labute approximate surface area is 107 Å². The number of halogens is 1. The van der Waals surface area contributed by atoms with Crippen LogP contribution >= 0.6 is 11.6 Å². The quantitative estimate of drug-likeness (QED) is 0.810. The maximum atomic E-state index is 12.3. The summed E-state index contributed by atoms with van der Waals surface area (Å²) >= 11 is 6.01. The van der Waals surface area contributed by atoms with E-state index in [1.165, 1.54) is 19.3 Å². The van der Waals surface area contributed by atoms with E-state index in [1.54, 1.807) is 18.5 Å². The number of aromatic nitrogens is 1. The van der Waals surface area contributed by atoms with E-state index in [-0.39, 0.29) is 5.91 Å². The molecule has 1 aromatic heterocycles. The van der Waals surface area contributed by atoms with Gasteiger partial charge in [0.2, 0.25) is 0 Å². The van der Waals surface area contributed by atoms with E-state index < -0.39 is 0 Å². The number of rotatable bonds is 2. The highest BCUT2D eigenvalue weighted by Crippen LogP contribution is 2.24. The molecule has 2 rings (SSSR count). The Morgan fingerprint density at radius 2 is 2.12 bits per heavy atom. The van der Waals surface area contributed by atoms with Gasteiger partial charge >= 0.3 is 0 Å². The van der Waals surface area contributed by atoms with Crippen molar-refractivity contribution in [3.05, 3.63) is 29.0 Å². The van der Waals surface area contributed by atoms with Crippen LogP contribution in [0.25, 0.3) is 0 Å². The normalized spacial score (nSPS) is 16.8. The van der Waals surface area contributed by atoms with Gasteiger partial charge in [0.1, 0.15) is 0 Å². The molecule has 0 bridgehead atoms. The molecule has 0 N–H and O–H groups in total. The molecule has 0 atom stereocenters. The van der Waals surface area contributed by atoms with Crippen molar-refractivity contribution in [2.75, 3.05) is 7.05 Å². The second-order valence-corrected chi connectivity index (χ2v) is 4.97. The fourth-order valence-corrected chi connectivity index (χ4v) is 2.54. The molecule has 4 heteroatoms. The van der Waals surface area contributed by atoms with Gasteiger partial charge in [-0.3, -0.25) is 9.78 Å². The van der Waals surface area contributed by atoms with Crippen LogP contribution in [0.1, 0.15) is 42.5 Å². The van der Waals surface area contributed by atoms with Crippen molar-refractivity contribution >= 4 is 17.5 Å². The molecule has 1 aromatic rings. The number of hydrogen-bond donors (Lipinski definition) is 0. The minimum absolute atomic E-state index is 0.0185. The minimum Gasteiger partial charge on any atom is -0.339 e. The van der Waals surface area contributed by atoms with Crippen molar-refractivity contribution in [1.29, 1.82) is 0 Å². The predicted molar refractivity (Wildman–Crippen MR) is 68.2 cm³/mol. The van der Waals surface area contributed by atoms with E-state index in [9.17, 15) is 4.79 Å². The molecule has 1 aliphatic rings. The lowest BCUT2D eigenvalue weighted by atomic mass is 9.94. The van der Waals surface area contributed by atoms with Crippen LogP contribution in [-0.2, 0) is 0 Å². The first-order valence-corrected chi connectivity index (χ1v) is 6.44. The third-order valence-corrected chi connectivity index (χ3v) is 3.77. The second kappa shape index (κ2) is 5.50. The van der Waals surface area contributed by atoms with Crippen LogP contribution in [0.3, 0.4) is 0 Å². The average Bonchev–Trinajstić information content (AvgIpc) is 2.39. The number of amides is 1. The van der Waals surface area contributed by atoms with Crippen molar-refractivity contribution < 1.29 is 4.79 Å². The molecule has 0 saturated heterocycles. The molecule has 17 heavy (non-hydrogen) atoms. The highest BCUT2D eigenvalue weighted by atomic mass is 35.5. The average molecular weight is 253 g/mol. The van der Waals surface area contributed by atoms with Gasteiger partial charge in [0.25, 0.3) is 5.91 Å². The summed E-state index contributed by atoms with van der Waals surface area (Å²) in [6.07, 6.45) is 9.04. The van der Waals surface area contributed by atoms with Crippen LogP contribution in [-0.4, -0.2) is 28.9 Å². The topological polar surface area (TPSA) is 33.2 Å². The zero-order valence-electron chi connectivity index (χ0n) is 10.0. The van der Waals surface area contributed by atoms with Gasteiger partial charge in [-0.25, -0.2) is 0 Å². The summed E-state index contributed by atoms with van der Waals surface area (Å²) < 4.78 is 0. The van der Waals surface area contributed by atoms with Crippen molar-refractivity contribution in [3.63, 3.8) is 0 Å². The summed E-state index contributed by atoms with van der Waals surface area (Å²) in [5.41, 5.74) is 0.502. The zero-order valence-corrected chi connectivity index (χ0v) is 10.8. The van der Waals surface area contributed by atoms with Crippen LogP contribution < -0.4 is 0 Å². The molecule has 1 saturated carbocycles. The van der Waals surface area contributed by atoms with Crippen LogP contribution in [0.4, 0.5) is 0 Å². The van der Waals surface area contributed by atoms with Gasteiger partial charge in [0, 0.05) is 25.5 Å². The molecule has 0 radical (unpaired) electrons. The Kier molecular flexibility index (Phi) is 4.00. The molecule has 3 nitrogen and oxygen atoms in total. The summed E-state index contributed by atoms with van der Waals surface area (Å²) in [4.78, 5) is 18.0. The third-order valence-electron chi connectivity index (χ3n) is 3.44. The van der Waals surface area contributed by atoms with Crippen molar-refractivity contribution in [2.45, 2.75) is 38.1 Å². The first-order valence-electron chi connectivity index (χ1n) is 6.07. The van der Waals surface area contributed by atoms with Gasteiger partial charge < -0.3 is 4.90 Å². The Balaban J connectivity index is 2.11. The molecule has 92 valence electrons. The molecule has 1 fully saturated rings. The monoisotopic (exact) mass is 252 g/mol. The Hall–Kier alpha value is -1.09. The number of pyridine rings is 1. The van der Waals surface area contributed by atoms with Gasteiger partial charge in [-0.05, 0) is 18.9 Å². The van der Waals surface area contributed by atoms with E-state index in [2.05, 4.69) is 4.98 Å². The molecule has 0 aromatic carbocycles. The lowest BCUT2D eigenvalue weighted by molar-refractivity contribution is 0.0696. The summed E-state index contributed by atoms with van der Waals surface area (Å²) in [5.74, 6) is -0.0185. The predicted octanol–water partition coefficient (Wildman–Crippen LogP) is 3.14. The summed E-state index contributed by atoms with van der Waals surface area (Å²) in [7, 11) is 1.86. The fraction of sp³-hybridized carbons (Fsp3) is 0.538. The molecule has 1 aliphatic carbocycles. The highest BCUT2D eigenvalue weighted by Gasteiger charge is 2.24. The van der Waals surface area contributed by atoms with Crippen molar-refractivity contribution in [1.82, 2.24) is 9.88 Å². The van der Waals surface area contributed by atoms with E-state index in [4.69, 9.17) is 11.6 Å². The van der Waals surface area contributed by atoms with Gasteiger partial charge in [0.05, 0.1) is 10.6 Å². The van der Waals surface area contributed by atoms with Crippen LogP contribution in [0.2, 0.25) is 5.02 Å². The maximum Gasteiger partial charge on any atom is 0.256 e. The standard InChI is InChI=1S/C13H17ClN2O/c1-16(10-5-3-2-4-6-10)13(17)11-9-15-8-7-12(11)14/h7-10H,2-6H2,1H3. The molecular weight excluding hydrogens is 236 g/mol. The van der Waals surface area contributed by atoms with Crippen LogP contribution in [0.15, 0.2) is 18.5 Å². The number of carbonyl (C=O) groups excluding carboxylic acids is 1. The Bertz CT molecular complexity index is 402. The van der Waals surface area contributed by atoms with E-state index in [0.29, 0.717) is 16.6 Å². The van der Waals surface area contributed by atoms with E-state index in [1.807, 2.05) is 11.9 Å². The SMILES string of the molecule is CN(C(=O)c1cnccc1Cl)C1CCCCC1. The lowest BCUT2D eigenvalue weighted by Crippen LogP contribution is -2.38. The van der Waals surface area contributed by atoms with Crippen molar-refractivity contribution in [3.8, 4) is 0 Å². The number of hydrogen-bond acceptors (Lipinski definition) is 2. The minimum atomic E-state index is -0.0185. The largest absolute Gasteiger partial charge is 0.339 e. The molecule has 1 amide bonds. The Morgan fingerprint density at radius 3 is 2.76 bits per heavy atom. The van der Waals surface area contributed by atoms with Crippen molar-refractivity contribution in [2.24, 2.45) is 0 Å². The first kappa shape index (κ1) is 12.4. The van der Waals surface area contributed by atoms with E-state index in [0.717, 1.165) is 12.8 Å². The molecule has 0 aliphatic heterocycles. The highest BCUT2D eigenvalue weighted by molar-refractivity contribution is 6.33. The van der Waals surface area contributed by atoms with Crippen LogP contribution in [0.5, 0.6) is 0 Å². The third kappa shape index (κ3) is 2.78. The van der Waals surface area contributed by atoms with Gasteiger partial charge in [-0.2, -0.15) is 0 Å². The van der Waals surface area contributed by atoms with Gasteiger partial charge in [-0.15, -0.1) is 0 Å². The van der Waals surface area contributed by atoms with E-state index >= 15 is 0 Å². The molecular formula is C13H17ClN2O. The smallest absolute Gasteiger partial charge is 0.256 e. The number of carbonyl (C=O) groups is 1. The van der Waals surface area contributed by atoms with Crippen LogP contribution in [0, 0.1) is 0 Å².